The highest BCUT2D eigenvalue weighted by Gasteiger charge is 2.45. The number of nitrogens with zero attached hydrogens (tertiary/aromatic N) is 6. The Morgan fingerprint density at radius 2 is 1.81 bits per heavy atom. The summed E-state index contributed by atoms with van der Waals surface area (Å²) in [5.74, 6) is 0.446. The van der Waals surface area contributed by atoms with E-state index in [1.165, 1.54) is 5.56 Å². The van der Waals surface area contributed by atoms with Gasteiger partial charge in [0, 0.05) is 63.4 Å². The number of hydrogen-bond acceptors (Lipinski definition) is 6. The van der Waals surface area contributed by atoms with E-state index < -0.39 is 0 Å². The molecule has 9 nitrogen and oxygen atoms in total. The van der Waals surface area contributed by atoms with Gasteiger partial charge in [-0.2, -0.15) is 5.26 Å². The molecule has 228 valence electrons. The number of urea groups is 1. The number of piperidine rings is 2. The number of aromatic nitrogens is 1. The number of nitriles is 1. The van der Waals surface area contributed by atoms with Crippen molar-refractivity contribution in [1.29, 1.82) is 5.26 Å². The Morgan fingerprint density at radius 3 is 2.44 bits per heavy atom. The van der Waals surface area contributed by atoms with E-state index in [0.717, 1.165) is 77.1 Å². The molecule has 0 saturated carbocycles. The molecular weight excluding hydrogens is 540 g/mol. The van der Waals surface area contributed by atoms with Crippen LogP contribution in [0.2, 0.25) is 0 Å². The van der Waals surface area contributed by atoms with Gasteiger partial charge in [0.1, 0.15) is 11.8 Å². The number of rotatable bonds is 6. The summed E-state index contributed by atoms with van der Waals surface area (Å²) in [4.78, 5) is 40.5. The lowest BCUT2D eigenvalue weighted by Crippen LogP contribution is -2.58. The largest absolute Gasteiger partial charge is 0.381 e. The van der Waals surface area contributed by atoms with E-state index in [-0.39, 0.29) is 29.6 Å². The lowest BCUT2D eigenvalue weighted by molar-refractivity contribution is 0.00491. The van der Waals surface area contributed by atoms with E-state index in [4.69, 9.17) is 4.74 Å². The Kier molecular flexibility index (Phi) is 8.43. The van der Waals surface area contributed by atoms with Crippen molar-refractivity contribution in [3.05, 3.63) is 64.5 Å². The molecule has 0 aliphatic carbocycles. The van der Waals surface area contributed by atoms with Gasteiger partial charge in [-0.25, -0.2) is 9.78 Å². The number of aryl methyl sites for hydroxylation is 2. The van der Waals surface area contributed by atoms with Crippen LogP contribution in [0.1, 0.15) is 77.9 Å². The highest BCUT2D eigenvalue weighted by molar-refractivity contribution is 5.96. The van der Waals surface area contributed by atoms with Crippen LogP contribution in [0.5, 0.6) is 0 Å². The molecule has 0 bridgehead atoms. The first-order valence-corrected chi connectivity index (χ1v) is 15.9. The van der Waals surface area contributed by atoms with Crippen LogP contribution in [0.3, 0.4) is 0 Å². The zero-order chi connectivity index (χ0) is 30.1. The molecule has 2 atom stereocenters. The number of ether oxygens (including phenoxy) is 1. The normalized spacial score (nSPS) is 24.9. The summed E-state index contributed by atoms with van der Waals surface area (Å²) in [6.45, 7) is 12.4. The third-order valence-electron chi connectivity index (χ3n) is 10.4. The van der Waals surface area contributed by atoms with Crippen LogP contribution in [0, 0.1) is 31.1 Å². The van der Waals surface area contributed by atoms with Gasteiger partial charge in [0.2, 0.25) is 0 Å². The molecule has 4 saturated heterocycles. The molecule has 43 heavy (non-hydrogen) atoms. The molecule has 0 N–H and O–H groups in total. The van der Waals surface area contributed by atoms with Crippen molar-refractivity contribution in [2.45, 2.75) is 70.5 Å². The van der Waals surface area contributed by atoms with Gasteiger partial charge >= 0.3 is 6.03 Å². The number of amides is 3. The molecule has 0 spiro atoms. The van der Waals surface area contributed by atoms with Crippen molar-refractivity contribution in [2.24, 2.45) is 5.92 Å². The molecule has 9 heteroatoms. The van der Waals surface area contributed by atoms with Crippen LogP contribution in [0.15, 0.2) is 36.4 Å². The first kappa shape index (κ1) is 29.6. The molecule has 4 aliphatic rings. The summed E-state index contributed by atoms with van der Waals surface area (Å²) in [7, 11) is 0. The van der Waals surface area contributed by atoms with E-state index in [9.17, 15) is 14.9 Å². The Labute approximate surface area is 255 Å². The second-order valence-corrected chi connectivity index (χ2v) is 13.2. The lowest BCUT2D eigenvalue weighted by atomic mass is 9.85. The van der Waals surface area contributed by atoms with Crippen LogP contribution in [-0.2, 0) is 4.74 Å². The van der Waals surface area contributed by atoms with Gasteiger partial charge in [0.15, 0.2) is 0 Å². The van der Waals surface area contributed by atoms with E-state index in [1.54, 1.807) is 6.07 Å². The van der Waals surface area contributed by atoms with Gasteiger partial charge in [-0.05, 0) is 70.1 Å². The Hall–Kier alpha value is -3.48. The van der Waals surface area contributed by atoms with Crippen LogP contribution < -0.4 is 0 Å². The van der Waals surface area contributed by atoms with Gasteiger partial charge in [-0.15, -0.1) is 0 Å². The van der Waals surface area contributed by atoms with Gasteiger partial charge in [-0.3, -0.25) is 9.69 Å². The van der Waals surface area contributed by atoms with Gasteiger partial charge in [0.05, 0.1) is 23.9 Å². The maximum atomic E-state index is 13.9. The number of pyridine rings is 1. The van der Waals surface area contributed by atoms with Crippen LogP contribution in [0.25, 0.3) is 0 Å². The average molecular weight is 585 g/mol. The summed E-state index contributed by atoms with van der Waals surface area (Å²) in [5.41, 5.74) is 3.65. The van der Waals surface area contributed by atoms with Crippen LogP contribution in [-0.4, -0.2) is 101 Å². The van der Waals surface area contributed by atoms with Gasteiger partial charge in [0.25, 0.3) is 5.91 Å². The van der Waals surface area contributed by atoms with Crippen molar-refractivity contribution in [3.63, 3.8) is 0 Å². The summed E-state index contributed by atoms with van der Waals surface area (Å²) in [5, 5.41) is 9.23. The first-order valence-electron chi connectivity index (χ1n) is 15.9. The van der Waals surface area contributed by atoms with Crippen molar-refractivity contribution in [3.8, 4) is 6.07 Å². The zero-order valence-electron chi connectivity index (χ0n) is 25.8. The smallest absolute Gasteiger partial charge is 0.320 e. The van der Waals surface area contributed by atoms with Crippen molar-refractivity contribution in [1.82, 2.24) is 24.6 Å². The Bertz CT molecular complexity index is 1350. The average Bonchev–Trinajstić information content (AvgIpc) is 3.65. The molecule has 2 aromatic rings. The second kappa shape index (κ2) is 12.3. The zero-order valence-corrected chi connectivity index (χ0v) is 25.8. The van der Waals surface area contributed by atoms with Crippen molar-refractivity contribution >= 4 is 11.9 Å². The van der Waals surface area contributed by atoms with Crippen molar-refractivity contribution < 1.29 is 14.3 Å². The first-order chi connectivity index (χ1) is 20.8. The molecule has 0 radical (unpaired) electrons. The van der Waals surface area contributed by atoms with Crippen LogP contribution >= 0.6 is 0 Å². The Balaban J connectivity index is 1.09. The SMILES string of the molecule is Cc1cc(C#N)nc(C)c1C(=O)N1CCC(C)(N2CCC(N3C(=O)N(CC4CCOC4)C[C@H]3c3ccccc3)CC2)CC1. The van der Waals surface area contributed by atoms with E-state index in [0.29, 0.717) is 36.0 Å². The monoisotopic (exact) mass is 584 g/mol. The maximum absolute atomic E-state index is 13.9. The summed E-state index contributed by atoms with van der Waals surface area (Å²) < 4.78 is 5.61. The quantitative estimate of drug-likeness (QED) is 0.495. The maximum Gasteiger partial charge on any atom is 0.320 e. The molecule has 1 aromatic carbocycles. The molecule has 3 amide bonds. The minimum Gasteiger partial charge on any atom is -0.381 e. The minimum absolute atomic E-state index is 0.0148. The Morgan fingerprint density at radius 1 is 1.09 bits per heavy atom. The highest BCUT2D eigenvalue weighted by atomic mass is 16.5. The number of likely N-dealkylation sites (tertiary alicyclic amines) is 2. The van der Waals surface area contributed by atoms with E-state index in [1.807, 2.05) is 24.8 Å². The molecule has 4 fully saturated rings. The number of carbonyl (C=O) groups is 2. The van der Waals surface area contributed by atoms with Crippen molar-refractivity contribution in [2.75, 3.05) is 52.5 Å². The third-order valence-corrected chi connectivity index (χ3v) is 10.4. The van der Waals surface area contributed by atoms with E-state index in [2.05, 4.69) is 56.9 Å². The number of carbonyl (C=O) groups excluding carboxylic acids is 2. The second-order valence-electron chi connectivity index (χ2n) is 13.2. The van der Waals surface area contributed by atoms with Gasteiger partial charge in [-0.1, -0.05) is 30.3 Å². The molecule has 6 rings (SSSR count). The molecule has 1 unspecified atom stereocenters. The molecular formula is C34H44N6O3. The van der Waals surface area contributed by atoms with E-state index >= 15 is 0 Å². The standard InChI is InChI=1S/C34H44N6O3/c1-24-19-28(20-35)36-25(2)31(24)32(41)37-16-12-34(3,13-17-37)39-14-9-29(10-15-39)40-30(27-7-5-4-6-8-27)22-38(33(40)42)21-26-11-18-43-23-26/h4-8,19,26,29-30H,9-18,21-23H2,1-3H3/t26?,30-/m0/s1. The number of benzene rings is 1. The summed E-state index contributed by atoms with van der Waals surface area (Å²) >= 11 is 0. The van der Waals surface area contributed by atoms with Gasteiger partial charge < -0.3 is 19.4 Å². The lowest BCUT2D eigenvalue weighted by Gasteiger charge is -2.50. The topological polar surface area (TPSA) is 93.0 Å². The predicted molar refractivity (Wildman–Crippen MR) is 163 cm³/mol. The minimum atomic E-state index is 0.0148. The fourth-order valence-electron chi connectivity index (χ4n) is 7.78. The molecule has 5 heterocycles. The fraction of sp³-hybridized carbons (Fsp3) is 0.588. The molecule has 4 aliphatic heterocycles. The summed E-state index contributed by atoms with van der Waals surface area (Å²) in [6.07, 6.45) is 4.78. The summed E-state index contributed by atoms with van der Waals surface area (Å²) in [6, 6.07) is 14.8. The third kappa shape index (κ3) is 5.87. The highest BCUT2D eigenvalue weighted by Crippen LogP contribution is 2.38. The predicted octanol–water partition coefficient (Wildman–Crippen LogP) is 4.54. The van der Waals surface area contributed by atoms with Crippen LogP contribution in [0.4, 0.5) is 4.79 Å². The molecule has 1 aromatic heterocycles. The fourth-order valence-corrected chi connectivity index (χ4v) is 7.78. The number of hydrogen-bond donors (Lipinski definition) is 0.